The highest BCUT2D eigenvalue weighted by atomic mass is 16.4. The second kappa shape index (κ2) is 5.27. The number of piperidine rings is 1. The number of benzene rings is 1. The van der Waals surface area contributed by atoms with Gasteiger partial charge in [0.2, 0.25) is 0 Å². The van der Waals surface area contributed by atoms with Gasteiger partial charge in [0.05, 0.1) is 5.56 Å². The molecule has 0 radical (unpaired) electrons. The molecule has 2 atom stereocenters. The minimum atomic E-state index is -0.960. The molecule has 1 heterocycles. The Morgan fingerprint density at radius 2 is 1.65 bits per heavy atom. The van der Waals surface area contributed by atoms with Crippen molar-refractivity contribution in [1.82, 2.24) is 4.90 Å². The van der Waals surface area contributed by atoms with Crippen LogP contribution in [0.3, 0.4) is 0 Å². The number of aromatic carboxylic acids is 1. The fraction of sp³-hybridized carbons (Fsp3) is 0.500. The lowest BCUT2D eigenvalue weighted by Crippen LogP contribution is -2.46. The Morgan fingerprint density at radius 3 is 2.35 bits per heavy atom. The van der Waals surface area contributed by atoms with Crippen LogP contribution in [0.15, 0.2) is 24.3 Å². The molecule has 1 aromatic rings. The monoisotopic (exact) mass is 273 g/mol. The van der Waals surface area contributed by atoms with Gasteiger partial charge in [0, 0.05) is 18.2 Å². The molecule has 20 heavy (non-hydrogen) atoms. The van der Waals surface area contributed by atoms with Gasteiger partial charge < -0.3 is 10.0 Å². The van der Waals surface area contributed by atoms with E-state index in [-0.39, 0.29) is 11.5 Å². The SMILES string of the molecule is O=C(O)c1ccc(C(=O)N2CCC[C@H]3CCC[C@@H]32)cc1. The molecule has 2 aliphatic rings. The Morgan fingerprint density at radius 1 is 1.00 bits per heavy atom. The van der Waals surface area contributed by atoms with Gasteiger partial charge in [-0.2, -0.15) is 0 Å². The van der Waals surface area contributed by atoms with Crippen LogP contribution in [-0.4, -0.2) is 34.5 Å². The summed E-state index contributed by atoms with van der Waals surface area (Å²) in [7, 11) is 0. The summed E-state index contributed by atoms with van der Waals surface area (Å²) in [5.74, 6) is -0.234. The van der Waals surface area contributed by atoms with E-state index in [1.54, 1.807) is 12.1 Å². The topological polar surface area (TPSA) is 57.6 Å². The molecular formula is C16H19NO3. The van der Waals surface area contributed by atoms with Crippen molar-refractivity contribution in [3.05, 3.63) is 35.4 Å². The number of amides is 1. The quantitative estimate of drug-likeness (QED) is 0.901. The summed E-state index contributed by atoms with van der Waals surface area (Å²) in [5, 5.41) is 8.89. The van der Waals surface area contributed by atoms with Crippen LogP contribution in [0.5, 0.6) is 0 Å². The highest BCUT2D eigenvalue weighted by Gasteiger charge is 2.37. The number of carboxylic acids is 1. The molecule has 0 unspecified atom stereocenters. The van der Waals surface area contributed by atoms with E-state index in [2.05, 4.69) is 0 Å². The Labute approximate surface area is 118 Å². The van der Waals surface area contributed by atoms with Crippen molar-refractivity contribution in [1.29, 1.82) is 0 Å². The highest BCUT2D eigenvalue weighted by molar-refractivity contribution is 5.96. The molecule has 4 nitrogen and oxygen atoms in total. The number of likely N-dealkylation sites (tertiary alicyclic amines) is 1. The summed E-state index contributed by atoms with van der Waals surface area (Å²) < 4.78 is 0. The largest absolute Gasteiger partial charge is 0.478 e. The predicted octanol–water partition coefficient (Wildman–Crippen LogP) is 2.79. The first kappa shape index (κ1) is 13.2. The van der Waals surface area contributed by atoms with E-state index >= 15 is 0 Å². The number of hydrogen-bond acceptors (Lipinski definition) is 2. The molecule has 3 rings (SSSR count). The molecule has 0 aromatic heterocycles. The summed E-state index contributed by atoms with van der Waals surface area (Å²) in [4.78, 5) is 25.5. The Bertz CT molecular complexity index is 523. The van der Waals surface area contributed by atoms with Gasteiger partial charge >= 0.3 is 5.97 Å². The average Bonchev–Trinajstić information content (AvgIpc) is 2.95. The van der Waals surface area contributed by atoms with Crippen LogP contribution in [-0.2, 0) is 0 Å². The number of carboxylic acid groups (broad SMARTS) is 1. The molecule has 1 aromatic carbocycles. The van der Waals surface area contributed by atoms with Gasteiger partial charge in [-0.25, -0.2) is 4.79 Å². The summed E-state index contributed by atoms with van der Waals surface area (Å²) in [6.45, 7) is 0.834. The molecule has 4 heteroatoms. The molecule has 1 saturated heterocycles. The van der Waals surface area contributed by atoms with Crippen molar-refractivity contribution >= 4 is 11.9 Å². The molecule has 1 N–H and O–H groups in total. The fourth-order valence-corrected chi connectivity index (χ4v) is 3.63. The van der Waals surface area contributed by atoms with Gasteiger partial charge in [0.15, 0.2) is 0 Å². The lowest BCUT2D eigenvalue weighted by atomic mass is 9.91. The number of hydrogen-bond donors (Lipinski definition) is 1. The maximum absolute atomic E-state index is 12.6. The lowest BCUT2D eigenvalue weighted by Gasteiger charge is -2.37. The van der Waals surface area contributed by atoms with E-state index < -0.39 is 5.97 Å². The van der Waals surface area contributed by atoms with Gasteiger partial charge in [0.1, 0.15) is 0 Å². The molecule has 2 fully saturated rings. The van der Waals surface area contributed by atoms with Crippen molar-refractivity contribution < 1.29 is 14.7 Å². The molecule has 0 spiro atoms. The van der Waals surface area contributed by atoms with Crippen LogP contribution in [0.1, 0.15) is 52.8 Å². The van der Waals surface area contributed by atoms with Crippen molar-refractivity contribution in [2.24, 2.45) is 5.92 Å². The third-order valence-electron chi connectivity index (χ3n) is 4.63. The third kappa shape index (κ3) is 2.30. The highest BCUT2D eigenvalue weighted by Crippen LogP contribution is 2.37. The summed E-state index contributed by atoms with van der Waals surface area (Å²) in [6, 6.07) is 6.67. The second-order valence-corrected chi connectivity index (χ2v) is 5.78. The third-order valence-corrected chi connectivity index (χ3v) is 4.63. The van der Waals surface area contributed by atoms with E-state index in [4.69, 9.17) is 5.11 Å². The normalized spacial score (nSPS) is 25.3. The van der Waals surface area contributed by atoms with Gasteiger partial charge in [-0.05, 0) is 55.9 Å². The first-order valence-corrected chi connectivity index (χ1v) is 7.31. The maximum atomic E-state index is 12.6. The van der Waals surface area contributed by atoms with Gasteiger partial charge in [-0.15, -0.1) is 0 Å². The summed E-state index contributed by atoms with van der Waals surface area (Å²) >= 11 is 0. The number of carbonyl (C=O) groups excluding carboxylic acids is 1. The zero-order chi connectivity index (χ0) is 14.1. The van der Waals surface area contributed by atoms with Gasteiger partial charge in [0.25, 0.3) is 5.91 Å². The predicted molar refractivity (Wildman–Crippen MR) is 74.8 cm³/mol. The van der Waals surface area contributed by atoms with Crippen LogP contribution in [0.25, 0.3) is 0 Å². The second-order valence-electron chi connectivity index (χ2n) is 5.78. The summed E-state index contributed by atoms with van der Waals surface area (Å²) in [5.41, 5.74) is 0.821. The minimum Gasteiger partial charge on any atom is -0.478 e. The van der Waals surface area contributed by atoms with Crippen molar-refractivity contribution in [3.63, 3.8) is 0 Å². The first-order valence-electron chi connectivity index (χ1n) is 7.31. The van der Waals surface area contributed by atoms with Crippen molar-refractivity contribution in [2.75, 3.05) is 6.54 Å². The molecular weight excluding hydrogens is 254 g/mol. The van der Waals surface area contributed by atoms with Crippen molar-refractivity contribution in [2.45, 2.75) is 38.1 Å². The fourth-order valence-electron chi connectivity index (χ4n) is 3.63. The molecule has 1 amide bonds. The smallest absolute Gasteiger partial charge is 0.335 e. The van der Waals surface area contributed by atoms with E-state index in [9.17, 15) is 9.59 Å². The average molecular weight is 273 g/mol. The minimum absolute atomic E-state index is 0.0542. The van der Waals surface area contributed by atoms with E-state index in [1.165, 1.54) is 31.4 Å². The van der Waals surface area contributed by atoms with Crippen LogP contribution in [0, 0.1) is 5.92 Å². The zero-order valence-corrected chi connectivity index (χ0v) is 11.4. The van der Waals surface area contributed by atoms with Crippen molar-refractivity contribution in [3.8, 4) is 0 Å². The molecule has 1 saturated carbocycles. The Kier molecular flexibility index (Phi) is 3.47. The maximum Gasteiger partial charge on any atom is 0.335 e. The molecule has 1 aliphatic heterocycles. The Balaban J connectivity index is 1.79. The van der Waals surface area contributed by atoms with Crippen LogP contribution in [0.4, 0.5) is 0 Å². The first-order chi connectivity index (χ1) is 9.66. The van der Waals surface area contributed by atoms with Crippen LogP contribution in [0.2, 0.25) is 0 Å². The number of fused-ring (bicyclic) bond motifs is 1. The molecule has 1 aliphatic carbocycles. The number of nitrogens with zero attached hydrogens (tertiary/aromatic N) is 1. The Hall–Kier alpha value is -1.84. The van der Waals surface area contributed by atoms with Gasteiger partial charge in [-0.1, -0.05) is 6.42 Å². The molecule has 106 valence electrons. The number of carbonyl (C=O) groups is 2. The van der Waals surface area contributed by atoms with Gasteiger partial charge in [-0.3, -0.25) is 4.79 Å². The van der Waals surface area contributed by atoms with Crippen LogP contribution >= 0.6 is 0 Å². The van der Waals surface area contributed by atoms with E-state index in [0.29, 0.717) is 17.5 Å². The standard InChI is InChI=1S/C16H19NO3/c18-15(12-6-8-13(9-7-12)16(19)20)17-10-2-4-11-3-1-5-14(11)17/h6-9,11,14H,1-5,10H2,(H,19,20)/t11-,14+/m1/s1. The van der Waals surface area contributed by atoms with E-state index in [1.807, 2.05) is 4.90 Å². The molecule has 0 bridgehead atoms. The van der Waals surface area contributed by atoms with Crippen LogP contribution < -0.4 is 0 Å². The number of rotatable bonds is 2. The van der Waals surface area contributed by atoms with E-state index in [0.717, 1.165) is 19.4 Å². The summed E-state index contributed by atoms with van der Waals surface area (Å²) in [6.07, 6.45) is 5.90. The zero-order valence-electron chi connectivity index (χ0n) is 11.4. The lowest BCUT2D eigenvalue weighted by molar-refractivity contribution is 0.0547.